The van der Waals surface area contributed by atoms with Gasteiger partial charge in [-0.3, -0.25) is 0 Å². The molecule has 0 aliphatic heterocycles. The average Bonchev–Trinajstić information content (AvgIpc) is 2.14. The van der Waals surface area contributed by atoms with Gasteiger partial charge in [-0.15, -0.1) is 0 Å². The molecule has 0 rings (SSSR count). The Bertz CT molecular complexity index is 165. The maximum absolute atomic E-state index is 11.0. The number of carbonyl (C=O) groups excluding carboxylic acids is 1. The molecule has 0 spiro atoms. The van der Waals surface area contributed by atoms with Crippen LogP contribution in [0.4, 0.5) is 0 Å². The zero-order chi connectivity index (χ0) is 10.1. The van der Waals surface area contributed by atoms with Gasteiger partial charge >= 0.3 is 5.97 Å². The maximum Gasteiger partial charge on any atom is 0.372 e. The van der Waals surface area contributed by atoms with Crippen LogP contribution in [0.5, 0.6) is 0 Å². The summed E-state index contributed by atoms with van der Waals surface area (Å²) in [5.41, 5.74) is 0. The monoisotopic (exact) mass is 188 g/mol. The van der Waals surface area contributed by atoms with E-state index in [-0.39, 0.29) is 5.76 Å². The number of esters is 1. The van der Waals surface area contributed by atoms with Gasteiger partial charge in [0.1, 0.15) is 6.61 Å². The zero-order valence-corrected chi connectivity index (χ0v) is 8.17. The minimum atomic E-state index is -0.502. The Labute approximate surface area is 78.5 Å². The van der Waals surface area contributed by atoms with Crippen LogP contribution in [0.25, 0.3) is 0 Å². The Balaban J connectivity index is 3.51. The first kappa shape index (κ1) is 12.0. The van der Waals surface area contributed by atoms with E-state index in [0.717, 1.165) is 6.42 Å². The van der Waals surface area contributed by atoms with Crippen LogP contribution in [-0.2, 0) is 19.0 Å². The third kappa shape index (κ3) is 6.16. The summed E-state index contributed by atoms with van der Waals surface area (Å²) in [4.78, 5) is 11.0. The highest BCUT2D eigenvalue weighted by molar-refractivity contribution is 5.85. The van der Waals surface area contributed by atoms with Gasteiger partial charge in [-0.1, -0.05) is 6.92 Å². The van der Waals surface area contributed by atoms with E-state index < -0.39 is 5.97 Å². The largest absolute Gasteiger partial charge is 0.485 e. The van der Waals surface area contributed by atoms with Gasteiger partial charge in [-0.05, 0) is 13.0 Å². The summed E-state index contributed by atoms with van der Waals surface area (Å²) in [5, 5.41) is 0. The summed E-state index contributed by atoms with van der Waals surface area (Å²) in [7, 11) is 1.56. The van der Waals surface area contributed by atoms with Crippen molar-refractivity contribution in [3.05, 3.63) is 12.3 Å². The Morgan fingerprint density at radius 3 is 2.46 bits per heavy atom. The highest BCUT2D eigenvalue weighted by Crippen LogP contribution is 1.97. The lowest BCUT2D eigenvalue weighted by atomic mass is 10.5. The third-order valence-corrected chi connectivity index (χ3v) is 1.23. The van der Waals surface area contributed by atoms with Crippen LogP contribution in [-0.4, -0.2) is 32.9 Å². The quantitative estimate of drug-likeness (QED) is 0.260. The fraction of sp³-hybridized carbons (Fsp3) is 0.667. The lowest BCUT2D eigenvalue weighted by molar-refractivity contribution is -0.143. The predicted octanol–water partition coefficient (Wildman–Crippen LogP) is 1.12. The van der Waals surface area contributed by atoms with Crippen LogP contribution in [0.1, 0.15) is 13.3 Å². The molecule has 0 amide bonds. The molecule has 0 heterocycles. The van der Waals surface area contributed by atoms with E-state index in [4.69, 9.17) is 14.2 Å². The Morgan fingerprint density at radius 2 is 1.92 bits per heavy atom. The molecule has 0 aliphatic carbocycles. The predicted molar refractivity (Wildman–Crippen MR) is 48.2 cm³/mol. The van der Waals surface area contributed by atoms with E-state index in [0.29, 0.717) is 19.8 Å². The van der Waals surface area contributed by atoms with Crippen molar-refractivity contribution < 1.29 is 19.0 Å². The number of rotatable bonds is 7. The van der Waals surface area contributed by atoms with Crippen molar-refractivity contribution in [2.45, 2.75) is 13.3 Å². The Morgan fingerprint density at radius 1 is 1.23 bits per heavy atom. The van der Waals surface area contributed by atoms with Gasteiger partial charge in [0.15, 0.2) is 5.76 Å². The molecule has 0 fully saturated rings. The van der Waals surface area contributed by atoms with Gasteiger partial charge in [0.2, 0.25) is 0 Å². The second kappa shape index (κ2) is 7.61. The SMILES string of the molecule is C=C(OCCOC)C(=O)OCCC. The number of hydrogen-bond donors (Lipinski definition) is 0. The standard InChI is InChI=1S/C9H16O4/c1-4-5-13-9(10)8(2)12-7-6-11-3/h2,4-7H2,1,3H3. The normalized spacial score (nSPS) is 9.38. The summed E-state index contributed by atoms with van der Waals surface area (Å²) in [5.74, 6) is -0.469. The Kier molecular flexibility index (Phi) is 7.01. The van der Waals surface area contributed by atoms with Crippen molar-refractivity contribution in [1.29, 1.82) is 0 Å². The molecular weight excluding hydrogens is 172 g/mol. The zero-order valence-electron chi connectivity index (χ0n) is 8.17. The second-order valence-corrected chi connectivity index (χ2v) is 2.40. The van der Waals surface area contributed by atoms with Crippen molar-refractivity contribution in [3.63, 3.8) is 0 Å². The maximum atomic E-state index is 11.0. The van der Waals surface area contributed by atoms with Crippen LogP contribution in [0.3, 0.4) is 0 Å². The van der Waals surface area contributed by atoms with Crippen molar-refractivity contribution in [2.24, 2.45) is 0 Å². The number of hydrogen-bond acceptors (Lipinski definition) is 4. The molecule has 0 aromatic rings. The molecule has 0 unspecified atom stereocenters. The highest BCUT2D eigenvalue weighted by atomic mass is 16.6. The molecule has 4 nitrogen and oxygen atoms in total. The van der Waals surface area contributed by atoms with Crippen molar-refractivity contribution in [3.8, 4) is 0 Å². The molecule has 0 saturated heterocycles. The minimum absolute atomic E-state index is 0.0329. The summed E-state index contributed by atoms with van der Waals surface area (Å²) >= 11 is 0. The fourth-order valence-corrected chi connectivity index (χ4v) is 0.582. The first-order valence-corrected chi connectivity index (χ1v) is 4.20. The van der Waals surface area contributed by atoms with Gasteiger partial charge in [0.25, 0.3) is 0 Å². The van der Waals surface area contributed by atoms with Crippen LogP contribution in [0, 0.1) is 0 Å². The molecule has 0 radical (unpaired) electrons. The molecule has 0 atom stereocenters. The van der Waals surface area contributed by atoms with Gasteiger partial charge < -0.3 is 14.2 Å². The van der Waals surface area contributed by atoms with E-state index in [1.807, 2.05) is 6.92 Å². The van der Waals surface area contributed by atoms with Crippen LogP contribution >= 0.6 is 0 Å². The molecule has 0 aliphatic rings. The Hall–Kier alpha value is -1.03. The molecule has 0 N–H and O–H groups in total. The van der Waals surface area contributed by atoms with E-state index >= 15 is 0 Å². The average molecular weight is 188 g/mol. The third-order valence-electron chi connectivity index (χ3n) is 1.23. The number of carbonyl (C=O) groups is 1. The molecule has 4 heteroatoms. The molecule has 0 bridgehead atoms. The molecule has 76 valence electrons. The molecule has 0 aromatic carbocycles. The van der Waals surface area contributed by atoms with E-state index in [9.17, 15) is 4.79 Å². The highest BCUT2D eigenvalue weighted by Gasteiger charge is 2.08. The first-order chi connectivity index (χ1) is 6.22. The van der Waals surface area contributed by atoms with Crippen molar-refractivity contribution >= 4 is 5.97 Å². The lowest BCUT2D eigenvalue weighted by Gasteiger charge is -2.07. The topological polar surface area (TPSA) is 44.8 Å². The van der Waals surface area contributed by atoms with E-state index in [1.54, 1.807) is 7.11 Å². The van der Waals surface area contributed by atoms with Crippen LogP contribution in [0.2, 0.25) is 0 Å². The first-order valence-electron chi connectivity index (χ1n) is 4.20. The van der Waals surface area contributed by atoms with Gasteiger partial charge in [-0.2, -0.15) is 0 Å². The summed E-state index contributed by atoms with van der Waals surface area (Å²) < 4.78 is 14.5. The smallest absolute Gasteiger partial charge is 0.372 e. The molecule has 13 heavy (non-hydrogen) atoms. The van der Waals surface area contributed by atoms with E-state index in [1.165, 1.54) is 0 Å². The summed E-state index contributed by atoms with van der Waals surface area (Å²) in [6.45, 7) is 6.49. The van der Waals surface area contributed by atoms with Crippen LogP contribution in [0.15, 0.2) is 12.3 Å². The number of ether oxygens (including phenoxy) is 3. The summed E-state index contributed by atoms with van der Waals surface area (Å²) in [6.07, 6.45) is 0.789. The van der Waals surface area contributed by atoms with Crippen LogP contribution < -0.4 is 0 Å². The molecule has 0 aromatic heterocycles. The van der Waals surface area contributed by atoms with Gasteiger partial charge in [-0.25, -0.2) is 4.79 Å². The molecule has 0 saturated carbocycles. The van der Waals surface area contributed by atoms with Crippen molar-refractivity contribution in [2.75, 3.05) is 26.9 Å². The fourth-order valence-electron chi connectivity index (χ4n) is 0.582. The number of methoxy groups -OCH3 is 1. The van der Waals surface area contributed by atoms with E-state index in [2.05, 4.69) is 6.58 Å². The second-order valence-electron chi connectivity index (χ2n) is 2.40. The minimum Gasteiger partial charge on any atom is -0.485 e. The van der Waals surface area contributed by atoms with Gasteiger partial charge in [0.05, 0.1) is 13.2 Å². The van der Waals surface area contributed by atoms with Gasteiger partial charge in [0, 0.05) is 7.11 Å². The van der Waals surface area contributed by atoms with Crippen molar-refractivity contribution in [1.82, 2.24) is 0 Å². The summed E-state index contributed by atoms with van der Waals surface area (Å²) in [6, 6.07) is 0. The molecular formula is C9H16O4. The lowest BCUT2D eigenvalue weighted by Crippen LogP contribution is -2.12.